The number of halogens is 2. The Labute approximate surface area is 80.9 Å². The Hall–Kier alpha value is -0.540. The molecule has 1 aromatic rings. The van der Waals surface area contributed by atoms with Crippen LogP contribution in [0.1, 0.15) is 23.6 Å². The van der Waals surface area contributed by atoms with Crippen molar-refractivity contribution in [1.82, 2.24) is 9.97 Å². The topological polar surface area (TPSA) is 51.8 Å². The molecule has 0 spiro atoms. The Bertz CT molecular complexity index is 276. The van der Waals surface area contributed by atoms with E-state index in [0.717, 1.165) is 11.3 Å². The highest BCUT2D eigenvalue weighted by Crippen LogP contribution is 2.28. The highest BCUT2D eigenvalue weighted by molar-refractivity contribution is 6.31. The van der Waals surface area contributed by atoms with E-state index in [4.69, 9.17) is 28.9 Å². The fourth-order valence-electron chi connectivity index (χ4n) is 1.02. The highest BCUT2D eigenvalue weighted by atomic mass is 35.5. The summed E-state index contributed by atoms with van der Waals surface area (Å²) < 4.78 is 0. The van der Waals surface area contributed by atoms with Gasteiger partial charge in [0.25, 0.3) is 0 Å². The minimum absolute atomic E-state index is 0.179. The second kappa shape index (κ2) is 3.46. The molecule has 0 aliphatic carbocycles. The van der Waals surface area contributed by atoms with Gasteiger partial charge in [0.2, 0.25) is 5.95 Å². The SMILES string of the molecule is Cc1nc(N)nc(Cl)c1C(C)Cl. The number of alkyl halides is 1. The summed E-state index contributed by atoms with van der Waals surface area (Å²) in [7, 11) is 0. The maximum atomic E-state index is 5.86. The van der Waals surface area contributed by atoms with E-state index in [1.807, 2.05) is 6.92 Å². The van der Waals surface area contributed by atoms with Crippen LogP contribution in [0, 0.1) is 6.92 Å². The first-order valence-corrected chi connectivity index (χ1v) is 4.27. The van der Waals surface area contributed by atoms with E-state index in [9.17, 15) is 0 Å². The number of nitrogen functional groups attached to an aromatic ring is 1. The number of nitrogens with two attached hydrogens (primary N) is 1. The number of hydrogen-bond donors (Lipinski definition) is 1. The minimum Gasteiger partial charge on any atom is -0.368 e. The maximum absolute atomic E-state index is 5.86. The van der Waals surface area contributed by atoms with Gasteiger partial charge < -0.3 is 5.73 Å². The van der Waals surface area contributed by atoms with E-state index >= 15 is 0 Å². The summed E-state index contributed by atoms with van der Waals surface area (Å²) in [5.74, 6) is 0.179. The molecule has 0 fully saturated rings. The van der Waals surface area contributed by atoms with Gasteiger partial charge in [0.15, 0.2) is 0 Å². The van der Waals surface area contributed by atoms with E-state index in [1.54, 1.807) is 6.92 Å². The Morgan fingerprint density at radius 1 is 1.42 bits per heavy atom. The lowest BCUT2D eigenvalue weighted by atomic mass is 10.2. The minimum atomic E-state index is -0.196. The van der Waals surface area contributed by atoms with Crippen LogP contribution in [0.25, 0.3) is 0 Å². The first kappa shape index (κ1) is 9.55. The summed E-state index contributed by atoms with van der Waals surface area (Å²) in [5.41, 5.74) is 6.85. The van der Waals surface area contributed by atoms with Gasteiger partial charge in [0.1, 0.15) is 5.15 Å². The molecule has 0 radical (unpaired) electrons. The van der Waals surface area contributed by atoms with Crippen LogP contribution < -0.4 is 5.73 Å². The van der Waals surface area contributed by atoms with Crippen molar-refractivity contribution >= 4 is 29.2 Å². The van der Waals surface area contributed by atoms with Crippen LogP contribution in [0.5, 0.6) is 0 Å². The quantitative estimate of drug-likeness (QED) is 0.566. The van der Waals surface area contributed by atoms with Crippen molar-refractivity contribution in [2.24, 2.45) is 0 Å². The van der Waals surface area contributed by atoms with Crippen molar-refractivity contribution in [2.75, 3.05) is 5.73 Å². The molecule has 0 saturated carbocycles. The van der Waals surface area contributed by atoms with Crippen molar-refractivity contribution in [2.45, 2.75) is 19.2 Å². The molecule has 1 heterocycles. The zero-order valence-electron chi connectivity index (χ0n) is 6.81. The summed E-state index contributed by atoms with van der Waals surface area (Å²) in [6, 6.07) is 0. The van der Waals surface area contributed by atoms with Crippen molar-refractivity contribution in [1.29, 1.82) is 0 Å². The van der Waals surface area contributed by atoms with Crippen molar-refractivity contribution in [3.05, 3.63) is 16.4 Å². The van der Waals surface area contributed by atoms with Gasteiger partial charge in [0.05, 0.1) is 5.38 Å². The first-order valence-electron chi connectivity index (χ1n) is 3.46. The van der Waals surface area contributed by atoms with Crippen LogP contribution in [0.2, 0.25) is 5.15 Å². The zero-order valence-corrected chi connectivity index (χ0v) is 8.32. The van der Waals surface area contributed by atoms with Crippen LogP contribution in [0.15, 0.2) is 0 Å². The van der Waals surface area contributed by atoms with Gasteiger partial charge in [-0.15, -0.1) is 11.6 Å². The molecular formula is C7H9Cl2N3. The number of hydrogen-bond acceptors (Lipinski definition) is 3. The largest absolute Gasteiger partial charge is 0.368 e. The van der Waals surface area contributed by atoms with Gasteiger partial charge in [-0.25, -0.2) is 9.97 Å². The number of anilines is 1. The molecule has 0 aliphatic heterocycles. The van der Waals surface area contributed by atoms with E-state index in [2.05, 4.69) is 9.97 Å². The molecule has 0 bridgehead atoms. The second-order valence-corrected chi connectivity index (χ2v) is 3.50. The number of rotatable bonds is 1. The molecule has 0 aliphatic rings. The smallest absolute Gasteiger partial charge is 0.221 e. The molecule has 12 heavy (non-hydrogen) atoms. The monoisotopic (exact) mass is 205 g/mol. The third-order valence-electron chi connectivity index (χ3n) is 1.50. The van der Waals surface area contributed by atoms with Gasteiger partial charge >= 0.3 is 0 Å². The van der Waals surface area contributed by atoms with E-state index in [0.29, 0.717) is 5.15 Å². The molecule has 1 rings (SSSR count). The fourth-order valence-corrected chi connectivity index (χ4v) is 1.72. The van der Waals surface area contributed by atoms with Crippen molar-refractivity contribution < 1.29 is 0 Å². The second-order valence-electron chi connectivity index (χ2n) is 2.49. The van der Waals surface area contributed by atoms with E-state index < -0.39 is 0 Å². The van der Waals surface area contributed by atoms with Gasteiger partial charge in [-0.2, -0.15) is 0 Å². The summed E-state index contributed by atoms with van der Waals surface area (Å²) in [6.07, 6.45) is 0. The lowest BCUT2D eigenvalue weighted by molar-refractivity contribution is 0.979. The molecule has 0 aromatic carbocycles. The van der Waals surface area contributed by atoms with Crippen LogP contribution in [-0.2, 0) is 0 Å². The Morgan fingerprint density at radius 3 is 2.42 bits per heavy atom. The van der Waals surface area contributed by atoms with Gasteiger partial charge in [-0.3, -0.25) is 0 Å². The average Bonchev–Trinajstić information content (AvgIpc) is 1.82. The molecule has 0 saturated heterocycles. The van der Waals surface area contributed by atoms with Crippen LogP contribution in [0.4, 0.5) is 5.95 Å². The lowest BCUT2D eigenvalue weighted by Gasteiger charge is -2.08. The molecule has 1 aromatic heterocycles. The third kappa shape index (κ3) is 1.79. The highest BCUT2D eigenvalue weighted by Gasteiger charge is 2.12. The molecule has 66 valence electrons. The van der Waals surface area contributed by atoms with E-state index in [-0.39, 0.29) is 11.3 Å². The van der Waals surface area contributed by atoms with Gasteiger partial charge in [-0.1, -0.05) is 11.6 Å². The number of aromatic nitrogens is 2. The first-order chi connectivity index (χ1) is 5.52. The molecular weight excluding hydrogens is 197 g/mol. The Morgan fingerprint density at radius 2 is 2.00 bits per heavy atom. The predicted molar refractivity (Wildman–Crippen MR) is 50.5 cm³/mol. The van der Waals surface area contributed by atoms with Crippen LogP contribution >= 0.6 is 23.2 Å². The Balaban J connectivity index is 3.28. The predicted octanol–water partition coefficient (Wildman–Crippen LogP) is 2.32. The summed E-state index contributed by atoms with van der Waals surface area (Å²) in [5, 5.41) is 0.139. The molecule has 3 nitrogen and oxygen atoms in total. The molecule has 2 N–H and O–H groups in total. The van der Waals surface area contributed by atoms with Crippen molar-refractivity contribution in [3.8, 4) is 0 Å². The van der Waals surface area contributed by atoms with Crippen LogP contribution in [0.3, 0.4) is 0 Å². The summed E-state index contributed by atoms with van der Waals surface area (Å²) in [4.78, 5) is 7.76. The lowest BCUT2D eigenvalue weighted by Crippen LogP contribution is -2.02. The van der Waals surface area contributed by atoms with Crippen LogP contribution in [-0.4, -0.2) is 9.97 Å². The number of aryl methyl sites for hydroxylation is 1. The van der Waals surface area contributed by atoms with Gasteiger partial charge in [-0.05, 0) is 13.8 Å². The maximum Gasteiger partial charge on any atom is 0.221 e. The average molecular weight is 206 g/mol. The summed E-state index contributed by atoms with van der Waals surface area (Å²) >= 11 is 11.7. The van der Waals surface area contributed by atoms with E-state index in [1.165, 1.54) is 0 Å². The van der Waals surface area contributed by atoms with Crippen molar-refractivity contribution in [3.63, 3.8) is 0 Å². The molecule has 0 amide bonds. The molecule has 1 unspecified atom stereocenters. The molecule has 1 atom stereocenters. The summed E-state index contributed by atoms with van der Waals surface area (Å²) in [6.45, 7) is 3.62. The van der Waals surface area contributed by atoms with Gasteiger partial charge in [0, 0.05) is 11.3 Å². The normalized spacial score (nSPS) is 13.0. The fraction of sp³-hybridized carbons (Fsp3) is 0.429. The molecule has 5 heteroatoms. The Kier molecular flexibility index (Phi) is 2.75. The zero-order chi connectivity index (χ0) is 9.30. The number of nitrogens with zero attached hydrogens (tertiary/aromatic N) is 2. The third-order valence-corrected chi connectivity index (χ3v) is 2.01. The standard InChI is InChI=1S/C7H9Cl2N3/c1-3(8)5-4(2)11-7(10)12-6(5)9/h3H,1-2H3,(H2,10,11,12).